The fraction of sp³-hybridized carbons (Fsp3) is 0.395. The average Bonchev–Trinajstić information content (AvgIpc) is 3.42. The summed E-state index contributed by atoms with van der Waals surface area (Å²) in [6, 6.07) is 28.7. The fourth-order valence-electron chi connectivity index (χ4n) is 10.0. The van der Waals surface area contributed by atoms with Gasteiger partial charge in [-0.2, -0.15) is 0 Å². The fourth-order valence-corrected chi connectivity index (χ4v) is 10.0. The van der Waals surface area contributed by atoms with Gasteiger partial charge in [-0.3, -0.25) is 0 Å². The van der Waals surface area contributed by atoms with Crippen LogP contribution in [0.25, 0.3) is 27.8 Å². The highest BCUT2D eigenvalue weighted by atomic mass is 15.3. The average molecular weight is 603 g/mol. The maximum absolute atomic E-state index is 2.85. The van der Waals surface area contributed by atoms with E-state index >= 15 is 0 Å². The Bertz CT molecular complexity index is 2120. The van der Waals surface area contributed by atoms with Gasteiger partial charge in [-0.1, -0.05) is 116 Å². The summed E-state index contributed by atoms with van der Waals surface area (Å²) in [5, 5.41) is 1.40. The lowest BCUT2D eigenvalue weighted by Crippen LogP contribution is -2.64. The van der Waals surface area contributed by atoms with Crippen LogP contribution in [0.4, 0.5) is 11.4 Å². The van der Waals surface area contributed by atoms with Gasteiger partial charge in [-0.25, -0.2) is 0 Å². The first kappa shape index (κ1) is 28.5. The number of anilines is 2. The van der Waals surface area contributed by atoms with Crippen molar-refractivity contribution in [2.45, 2.75) is 110 Å². The van der Waals surface area contributed by atoms with Crippen LogP contribution in [-0.2, 0) is 16.2 Å². The van der Waals surface area contributed by atoms with E-state index < -0.39 is 0 Å². The van der Waals surface area contributed by atoms with Crippen molar-refractivity contribution in [2.24, 2.45) is 0 Å². The Morgan fingerprint density at radius 1 is 0.717 bits per heavy atom. The lowest BCUT2D eigenvalue weighted by molar-refractivity contribution is 0.195. The molecule has 5 aromatic rings. The molecule has 0 amide bonds. The van der Waals surface area contributed by atoms with Gasteiger partial charge in [0.05, 0.1) is 11.2 Å². The molecule has 1 aliphatic carbocycles. The standard InChI is InChI=1S/C43H47BN2/c1-26-30-22-28(40(2,3)4)24-32-38(30)45(37(26)27-16-11-10-12-17-27)34-18-15-19-35-36(34)44(32)33-25-29(41(5,6)7)23-31-39(33)46(35)43(9)21-14-13-20-42(31,43)8/h10-12,15-19,22-25H,13-14,20-21H2,1-9H3. The number of benzene rings is 4. The van der Waals surface area contributed by atoms with E-state index in [0.717, 1.165) is 0 Å². The number of nitrogens with zero attached hydrogens (tertiary/aromatic N) is 2. The lowest BCUT2D eigenvalue weighted by atomic mass is 9.33. The summed E-state index contributed by atoms with van der Waals surface area (Å²) in [6.07, 6.45) is 5.08. The number of hydrogen-bond donors (Lipinski definition) is 0. The number of fused-ring (bicyclic) bond motifs is 7. The number of aryl methyl sites for hydroxylation is 1. The largest absolute Gasteiger partial charge is 0.335 e. The van der Waals surface area contributed by atoms with Gasteiger partial charge in [0.1, 0.15) is 0 Å². The molecule has 4 aromatic carbocycles. The number of hydrogen-bond acceptors (Lipinski definition) is 1. The van der Waals surface area contributed by atoms with Crippen LogP contribution >= 0.6 is 0 Å². The third kappa shape index (κ3) is 3.35. The van der Waals surface area contributed by atoms with Crippen LogP contribution in [0.3, 0.4) is 0 Å². The van der Waals surface area contributed by atoms with Crippen LogP contribution < -0.4 is 21.3 Å². The van der Waals surface area contributed by atoms with E-state index in [2.05, 4.69) is 145 Å². The Kier molecular flexibility index (Phi) is 5.45. The Labute approximate surface area is 275 Å². The summed E-state index contributed by atoms with van der Waals surface area (Å²) in [7, 11) is 0. The van der Waals surface area contributed by atoms with Gasteiger partial charge in [0.2, 0.25) is 0 Å². The normalized spacial score (nSPS) is 22.6. The third-order valence-corrected chi connectivity index (χ3v) is 12.8. The SMILES string of the molecule is Cc1c(-c2ccccc2)n2c3c(cc(C(C)(C)C)cc13)B1c3cc(C(C)(C)C)cc4c3N(c3cccc-2c31)C1(C)CCCCC41C. The smallest absolute Gasteiger partial charge is 0.252 e. The van der Waals surface area contributed by atoms with Crippen molar-refractivity contribution in [1.82, 2.24) is 4.57 Å². The molecule has 0 radical (unpaired) electrons. The zero-order chi connectivity index (χ0) is 32.1. The second-order valence-corrected chi connectivity index (χ2v) is 17.4. The highest BCUT2D eigenvalue weighted by Gasteiger charge is 2.61. The molecule has 2 atom stereocenters. The van der Waals surface area contributed by atoms with Gasteiger partial charge in [-0.15, -0.1) is 0 Å². The minimum absolute atomic E-state index is 0.0383. The van der Waals surface area contributed by atoms with Crippen molar-refractivity contribution in [1.29, 1.82) is 0 Å². The predicted molar refractivity (Wildman–Crippen MR) is 198 cm³/mol. The Morgan fingerprint density at radius 2 is 1.37 bits per heavy atom. The summed E-state index contributed by atoms with van der Waals surface area (Å²) in [6.45, 7) is 22.1. The molecular formula is C43H47BN2. The number of aromatic nitrogens is 1. The zero-order valence-corrected chi connectivity index (χ0v) is 29.2. The summed E-state index contributed by atoms with van der Waals surface area (Å²) in [5.74, 6) is 0. The van der Waals surface area contributed by atoms with E-state index in [9.17, 15) is 0 Å². The quantitative estimate of drug-likeness (QED) is 0.171. The van der Waals surface area contributed by atoms with Crippen molar-refractivity contribution in [3.8, 4) is 16.9 Å². The Morgan fingerprint density at radius 3 is 2.09 bits per heavy atom. The zero-order valence-electron chi connectivity index (χ0n) is 29.2. The first-order valence-corrected chi connectivity index (χ1v) is 17.6. The van der Waals surface area contributed by atoms with Gasteiger partial charge in [0, 0.05) is 33.4 Å². The maximum atomic E-state index is 2.85. The van der Waals surface area contributed by atoms with Crippen molar-refractivity contribution in [3.05, 3.63) is 95.1 Å². The topological polar surface area (TPSA) is 8.17 Å². The summed E-state index contributed by atoms with van der Waals surface area (Å²) >= 11 is 0. The van der Waals surface area contributed by atoms with Crippen molar-refractivity contribution in [2.75, 3.05) is 4.90 Å². The third-order valence-electron chi connectivity index (χ3n) is 12.8. The van der Waals surface area contributed by atoms with Gasteiger partial charge in [-0.05, 0) is 99.9 Å². The van der Waals surface area contributed by atoms with E-state index in [-0.39, 0.29) is 28.5 Å². The molecule has 46 heavy (non-hydrogen) atoms. The van der Waals surface area contributed by atoms with E-state index in [1.54, 1.807) is 5.56 Å². The molecular weight excluding hydrogens is 555 g/mol. The van der Waals surface area contributed by atoms with Gasteiger partial charge in [0.15, 0.2) is 0 Å². The molecule has 1 aromatic heterocycles. The minimum Gasteiger partial charge on any atom is -0.335 e. The molecule has 232 valence electrons. The summed E-state index contributed by atoms with van der Waals surface area (Å²) in [4.78, 5) is 2.85. The van der Waals surface area contributed by atoms with Crippen molar-refractivity contribution in [3.63, 3.8) is 0 Å². The van der Waals surface area contributed by atoms with Crippen LogP contribution in [0.5, 0.6) is 0 Å². The molecule has 3 heteroatoms. The first-order valence-electron chi connectivity index (χ1n) is 17.6. The molecule has 0 saturated heterocycles. The van der Waals surface area contributed by atoms with Gasteiger partial charge in [0.25, 0.3) is 6.71 Å². The van der Waals surface area contributed by atoms with Crippen LogP contribution in [-0.4, -0.2) is 16.8 Å². The second-order valence-electron chi connectivity index (χ2n) is 17.4. The van der Waals surface area contributed by atoms with E-state index in [4.69, 9.17) is 0 Å². The molecule has 0 spiro atoms. The van der Waals surface area contributed by atoms with E-state index in [1.807, 2.05) is 0 Å². The van der Waals surface area contributed by atoms with Crippen LogP contribution in [0.15, 0.2) is 72.8 Å². The molecule has 3 aliphatic heterocycles. The molecule has 2 nitrogen and oxygen atoms in total. The molecule has 0 bridgehead atoms. The number of rotatable bonds is 1. The molecule has 0 N–H and O–H groups in total. The molecule has 9 rings (SSSR count). The molecule has 1 saturated carbocycles. The molecule has 1 fully saturated rings. The Hall–Kier alpha value is -3.72. The minimum atomic E-state index is 0.0383. The summed E-state index contributed by atoms with van der Waals surface area (Å²) < 4.78 is 2.65. The van der Waals surface area contributed by atoms with E-state index in [1.165, 1.54) is 98.0 Å². The molecule has 4 heterocycles. The van der Waals surface area contributed by atoms with Crippen LogP contribution in [0, 0.1) is 6.92 Å². The lowest BCUT2D eigenvalue weighted by Gasteiger charge is -2.52. The van der Waals surface area contributed by atoms with Crippen LogP contribution in [0.2, 0.25) is 0 Å². The molecule has 2 unspecified atom stereocenters. The highest BCUT2D eigenvalue weighted by Crippen LogP contribution is 2.61. The van der Waals surface area contributed by atoms with Crippen molar-refractivity contribution >= 4 is 45.4 Å². The van der Waals surface area contributed by atoms with Gasteiger partial charge < -0.3 is 9.47 Å². The first-order chi connectivity index (χ1) is 21.8. The molecule has 4 aliphatic rings. The van der Waals surface area contributed by atoms with Crippen LogP contribution in [0.1, 0.15) is 103 Å². The summed E-state index contributed by atoms with van der Waals surface area (Å²) in [5.41, 5.74) is 19.0. The highest BCUT2D eigenvalue weighted by molar-refractivity contribution is 7.00. The predicted octanol–water partition coefficient (Wildman–Crippen LogP) is 9.09. The van der Waals surface area contributed by atoms with E-state index in [0.29, 0.717) is 0 Å². The Balaban J connectivity index is 1.48. The van der Waals surface area contributed by atoms with Gasteiger partial charge >= 0.3 is 0 Å². The maximum Gasteiger partial charge on any atom is 0.252 e. The monoisotopic (exact) mass is 602 g/mol. The van der Waals surface area contributed by atoms with Crippen molar-refractivity contribution < 1.29 is 0 Å². The second kappa shape index (κ2) is 8.79.